The zero-order chi connectivity index (χ0) is 24.3. The number of anilines is 2. The van der Waals surface area contributed by atoms with Gasteiger partial charge in [0.2, 0.25) is 16.0 Å². The van der Waals surface area contributed by atoms with Crippen LogP contribution in [0.3, 0.4) is 0 Å². The van der Waals surface area contributed by atoms with Gasteiger partial charge < -0.3 is 11.1 Å². The maximum absolute atomic E-state index is 13.0. The molecule has 1 fully saturated rings. The van der Waals surface area contributed by atoms with Crippen molar-refractivity contribution in [2.75, 3.05) is 24.1 Å². The Morgan fingerprint density at radius 3 is 2.34 bits per heavy atom. The standard InChI is InChI=1S/C27H31N5O2S/c28-26-23-9-3-4-10-24(23)31-27(32-26)29-17-16-19-12-14-20(15-13-19)18-30-35(33,34)25-11-5-7-21-6-1-2-8-22(21)25/h1-11,19-20,30H,12-18H2,(H3,28,29,31,32). The lowest BCUT2D eigenvalue weighted by molar-refractivity contribution is 0.268. The summed E-state index contributed by atoms with van der Waals surface area (Å²) in [6.07, 6.45) is 5.29. The summed E-state index contributed by atoms with van der Waals surface area (Å²) in [6, 6.07) is 20.7. The van der Waals surface area contributed by atoms with Crippen molar-refractivity contribution in [3.8, 4) is 0 Å². The molecule has 1 aromatic heterocycles. The van der Waals surface area contributed by atoms with Gasteiger partial charge in [0.25, 0.3) is 0 Å². The van der Waals surface area contributed by atoms with Gasteiger partial charge in [-0.1, -0.05) is 61.4 Å². The Balaban J connectivity index is 1.09. The predicted octanol–water partition coefficient (Wildman–Crippen LogP) is 4.95. The number of nitrogens with zero attached hydrogens (tertiary/aromatic N) is 2. The smallest absolute Gasteiger partial charge is 0.241 e. The van der Waals surface area contributed by atoms with E-state index in [1.807, 2.05) is 54.6 Å². The van der Waals surface area contributed by atoms with Crippen molar-refractivity contribution >= 4 is 43.5 Å². The minimum absolute atomic E-state index is 0.354. The highest BCUT2D eigenvalue weighted by Gasteiger charge is 2.24. The molecule has 4 N–H and O–H groups in total. The maximum Gasteiger partial charge on any atom is 0.241 e. The fraction of sp³-hybridized carbons (Fsp3) is 0.333. The average molecular weight is 490 g/mol. The van der Waals surface area contributed by atoms with Crippen LogP contribution in [0.15, 0.2) is 71.6 Å². The van der Waals surface area contributed by atoms with E-state index in [-0.39, 0.29) is 0 Å². The number of hydrogen-bond acceptors (Lipinski definition) is 6. The van der Waals surface area contributed by atoms with E-state index >= 15 is 0 Å². The highest BCUT2D eigenvalue weighted by atomic mass is 32.2. The van der Waals surface area contributed by atoms with Gasteiger partial charge in [-0.05, 0) is 54.7 Å². The number of fused-ring (bicyclic) bond motifs is 2. The van der Waals surface area contributed by atoms with Gasteiger partial charge in [0.15, 0.2) is 0 Å². The molecule has 0 bridgehead atoms. The van der Waals surface area contributed by atoms with Gasteiger partial charge in [0, 0.05) is 23.9 Å². The molecular formula is C27H31N5O2S. The molecule has 0 aliphatic heterocycles. The minimum atomic E-state index is -3.55. The highest BCUT2D eigenvalue weighted by molar-refractivity contribution is 7.89. The normalized spacial score (nSPS) is 18.6. The fourth-order valence-corrected chi connectivity index (χ4v) is 6.37. The van der Waals surface area contributed by atoms with E-state index in [0.717, 1.165) is 60.3 Å². The molecule has 1 aliphatic rings. The number of rotatable bonds is 8. The van der Waals surface area contributed by atoms with Gasteiger partial charge in [0.1, 0.15) is 5.82 Å². The summed E-state index contributed by atoms with van der Waals surface area (Å²) in [5, 5.41) is 5.88. The van der Waals surface area contributed by atoms with Gasteiger partial charge in [-0.3, -0.25) is 0 Å². The molecule has 0 atom stereocenters. The van der Waals surface area contributed by atoms with Gasteiger partial charge in [-0.15, -0.1) is 0 Å². The lowest BCUT2D eigenvalue weighted by Crippen LogP contribution is -2.31. The number of sulfonamides is 1. The summed E-state index contributed by atoms with van der Waals surface area (Å²) in [5.74, 6) is 2.04. The molecule has 3 aromatic carbocycles. The van der Waals surface area contributed by atoms with Crippen LogP contribution < -0.4 is 15.8 Å². The lowest BCUT2D eigenvalue weighted by atomic mass is 9.80. The van der Waals surface area contributed by atoms with Crippen LogP contribution in [0, 0.1) is 11.8 Å². The molecule has 0 radical (unpaired) electrons. The van der Waals surface area contributed by atoms with Gasteiger partial charge in [-0.2, -0.15) is 4.98 Å². The van der Waals surface area contributed by atoms with Crippen LogP contribution in [0.25, 0.3) is 21.7 Å². The Hall–Kier alpha value is -3.23. The van der Waals surface area contributed by atoms with E-state index in [9.17, 15) is 8.42 Å². The Morgan fingerprint density at radius 1 is 0.829 bits per heavy atom. The monoisotopic (exact) mass is 489 g/mol. The second kappa shape index (κ2) is 10.2. The zero-order valence-electron chi connectivity index (χ0n) is 19.7. The number of nitrogens with two attached hydrogens (primary N) is 1. The van der Waals surface area contributed by atoms with Crippen LogP contribution >= 0.6 is 0 Å². The molecule has 35 heavy (non-hydrogen) atoms. The van der Waals surface area contributed by atoms with Crippen LogP contribution in [-0.4, -0.2) is 31.5 Å². The van der Waals surface area contributed by atoms with Gasteiger partial charge in [-0.25, -0.2) is 18.1 Å². The van der Waals surface area contributed by atoms with Crippen molar-refractivity contribution in [2.24, 2.45) is 11.8 Å². The first kappa shape index (κ1) is 23.5. The van der Waals surface area contributed by atoms with E-state index in [0.29, 0.717) is 35.0 Å². The summed E-state index contributed by atoms with van der Waals surface area (Å²) in [4.78, 5) is 9.29. The van der Waals surface area contributed by atoms with Gasteiger partial charge in [0.05, 0.1) is 10.4 Å². The van der Waals surface area contributed by atoms with Crippen molar-refractivity contribution in [3.05, 3.63) is 66.7 Å². The zero-order valence-corrected chi connectivity index (χ0v) is 20.5. The Morgan fingerprint density at radius 2 is 1.51 bits per heavy atom. The molecule has 182 valence electrons. The molecule has 4 aromatic rings. The Kier molecular flexibility index (Phi) is 6.83. The minimum Gasteiger partial charge on any atom is -0.383 e. The molecule has 0 spiro atoms. The third-order valence-electron chi connectivity index (χ3n) is 7.04. The average Bonchev–Trinajstić information content (AvgIpc) is 2.88. The van der Waals surface area contributed by atoms with Crippen LogP contribution in [0.1, 0.15) is 32.1 Å². The van der Waals surface area contributed by atoms with E-state index in [2.05, 4.69) is 20.0 Å². The van der Waals surface area contributed by atoms with Crippen molar-refractivity contribution in [2.45, 2.75) is 37.0 Å². The Bertz CT molecular complexity index is 1430. The number of nitrogens with one attached hydrogen (secondary N) is 2. The van der Waals surface area contributed by atoms with Crippen molar-refractivity contribution in [1.29, 1.82) is 0 Å². The summed E-state index contributed by atoms with van der Waals surface area (Å²) in [7, 11) is -3.55. The van der Waals surface area contributed by atoms with E-state index in [1.54, 1.807) is 12.1 Å². The van der Waals surface area contributed by atoms with E-state index in [1.165, 1.54) is 0 Å². The molecule has 1 saturated carbocycles. The molecule has 0 unspecified atom stereocenters. The second-order valence-corrected chi connectivity index (χ2v) is 11.1. The number of benzene rings is 3. The van der Waals surface area contributed by atoms with Crippen molar-refractivity contribution in [1.82, 2.24) is 14.7 Å². The topological polar surface area (TPSA) is 110 Å². The first-order valence-electron chi connectivity index (χ1n) is 12.2. The highest BCUT2D eigenvalue weighted by Crippen LogP contribution is 2.31. The SMILES string of the molecule is Nc1nc(NCCC2CCC(CNS(=O)(=O)c3cccc4ccccc34)CC2)nc2ccccc12. The van der Waals surface area contributed by atoms with Crippen molar-refractivity contribution in [3.63, 3.8) is 0 Å². The van der Waals surface area contributed by atoms with Crippen LogP contribution in [0.2, 0.25) is 0 Å². The second-order valence-electron chi connectivity index (χ2n) is 9.38. The summed E-state index contributed by atoms with van der Waals surface area (Å²) >= 11 is 0. The van der Waals surface area contributed by atoms with Gasteiger partial charge >= 0.3 is 0 Å². The molecule has 1 aliphatic carbocycles. The molecule has 8 heteroatoms. The predicted molar refractivity (Wildman–Crippen MR) is 142 cm³/mol. The molecule has 0 amide bonds. The molecular weight excluding hydrogens is 458 g/mol. The third kappa shape index (κ3) is 5.39. The van der Waals surface area contributed by atoms with E-state index in [4.69, 9.17) is 5.73 Å². The van der Waals surface area contributed by atoms with E-state index < -0.39 is 10.0 Å². The summed E-state index contributed by atoms with van der Waals surface area (Å²) in [5.41, 5.74) is 6.91. The maximum atomic E-state index is 13.0. The summed E-state index contributed by atoms with van der Waals surface area (Å²) < 4.78 is 28.9. The van der Waals surface area contributed by atoms with Crippen LogP contribution in [0.5, 0.6) is 0 Å². The van der Waals surface area contributed by atoms with Crippen molar-refractivity contribution < 1.29 is 8.42 Å². The van der Waals surface area contributed by atoms with Crippen LogP contribution in [-0.2, 0) is 10.0 Å². The third-order valence-corrected chi connectivity index (χ3v) is 8.52. The molecule has 5 rings (SSSR count). The summed E-state index contributed by atoms with van der Waals surface area (Å²) in [6.45, 7) is 1.28. The molecule has 7 nitrogen and oxygen atoms in total. The molecule has 0 saturated heterocycles. The first-order chi connectivity index (χ1) is 17.0. The quantitative estimate of drug-likeness (QED) is 0.323. The van der Waals surface area contributed by atoms with Crippen LogP contribution in [0.4, 0.5) is 11.8 Å². The number of nitrogen functional groups attached to an aromatic ring is 1. The largest absolute Gasteiger partial charge is 0.383 e. The number of aromatic nitrogens is 2. The Labute approximate surface area is 206 Å². The lowest BCUT2D eigenvalue weighted by Gasteiger charge is -2.28. The number of hydrogen-bond donors (Lipinski definition) is 3. The molecule has 1 heterocycles. The fourth-order valence-electron chi connectivity index (χ4n) is 5.03. The first-order valence-corrected chi connectivity index (χ1v) is 13.7. The number of para-hydroxylation sites is 1.